The number of anilines is 1. The highest BCUT2D eigenvalue weighted by molar-refractivity contribution is 5.53. The molecule has 2 aliphatic heterocycles. The minimum absolute atomic E-state index is 0.462. The second kappa shape index (κ2) is 3.65. The molecule has 0 unspecified atom stereocenters. The largest absolute Gasteiger partial charge is 0.416 e. The summed E-state index contributed by atoms with van der Waals surface area (Å²) in [6, 6.07) is 6.66. The van der Waals surface area contributed by atoms with Gasteiger partial charge in [-0.1, -0.05) is 6.07 Å². The van der Waals surface area contributed by atoms with Gasteiger partial charge in [-0.2, -0.15) is 13.2 Å². The van der Waals surface area contributed by atoms with Crippen LogP contribution in [0.25, 0.3) is 0 Å². The van der Waals surface area contributed by atoms with Gasteiger partial charge in [0, 0.05) is 17.8 Å². The van der Waals surface area contributed by atoms with Gasteiger partial charge in [0.25, 0.3) is 0 Å². The van der Waals surface area contributed by atoms with Gasteiger partial charge in [-0.25, -0.2) is 0 Å². The number of fused-ring (bicyclic) bond motifs is 2. The van der Waals surface area contributed by atoms with Crippen LogP contribution < -0.4 is 4.90 Å². The second-order valence-electron chi connectivity index (χ2n) is 4.92. The van der Waals surface area contributed by atoms with Gasteiger partial charge >= 0.3 is 6.18 Å². The van der Waals surface area contributed by atoms with Gasteiger partial charge in [-0.3, -0.25) is 0 Å². The maximum absolute atomic E-state index is 12.6. The van der Waals surface area contributed by atoms with Gasteiger partial charge in [0.15, 0.2) is 0 Å². The molecule has 0 radical (unpaired) electrons. The van der Waals surface area contributed by atoms with Crippen molar-refractivity contribution in [2.45, 2.75) is 43.9 Å². The highest BCUT2D eigenvalue weighted by Gasteiger charge is 2.40. The van der Waals surface area contributed by atoms with E-state index in [9.17, 15) is 13.2 Å². The summed E-state index contributed by atoms with van der Waals surface area (Å²) in [5.74, 6) is 0. The Labute approximate surface area is 98.2 Å². The quantitative estimate of drug-likeness (QED) is 0.722. The number of nitrogens with zero attached hydrogens (tertiary/aromatic N) is 1. The van der Waals surface area contributed by atoms with Gasteiger partial charge in [-0.05, 0) is 43.9 Å². The summed E-state index contributed by atoms with van der Waals surface area (Å²) in [6.07, 6.45) is 0.262. The smallest absolute Gasteiger partial charge is 0.366 e. The number of hydrogen-bond acceptors (Lipinski definition) is 1. The summed E-state index contributed by atoms with van der Waals surface area (Å²) in [6.45, 7) is 0. The van der Waals surface area contributed by atoms with E-state index >= 15 is 0 Å². The molecule has 4 heteroatoms. The molecule has 2 saturated heterocycles. The maximum atomic E-state index is 12.6. The lowest BCUT2D eigenvalue weighted by atomic mass is 10.0. The van der Waals surface area contributed by atoms with Gasteiger partial charge in [0.1, 0.15) is 0 Å². The van der Waals surface area contributed by atoms with E-state index in [-0.39, 0.29) is 0 Å². The van der Waals surface area contributed by atoms with Crippen LogP contribution in [0.1, 0.15) is 31.2 Å². The van der Waals surface area contributed by atoms with Crippen LogP contribution in [0.15, 0.2) is 24.3 Å². The molecule has 0 aliphatic carbocycles. The van der Waals surface area contributed by atoms with Gasteiger partial charge < -0.3 is 4.90 Å². The zero-order chi connectivity index (χ0) is 12.0. The van der Waals surface area contributed by atoms with Crippen molar-refractivity contribution in [3.63, 3.8) is 0 Å². The lowest BCUT2D eigenvalue weighted by Crippen LogP contribution is -2.28. The van der Waals surface area contributed by atoms with E-state index in [0.717, 1.165) is 37.4 Å². The minimum atomic E-state index is -4.24. The minimum Gasteiger partial charge on any atom is -0.366 e. The Morgan fingerprint density at radius 3 is 2.12 bits per heavy atom. The van der Waals surface area contributed by atoms with Crippen LogP contribution >= 0.6 is 0 Å². The lowest BCUT2D eigenvalue weighted by Gasteiger charge is -2.25. The van der Waals surface area contributed by atoms with Crippen molar-refractivity contribution in [1.29, 1.82) is 0 Å². The van der Waals surface area contributed by atoms with Crippen LogP contribution in [-0.4, -0.2) is 12.1 Å². The van der Waals surface area contributed by atoms with Crippen molar-refractivity contribution in [2.24, 2.45) is 0 Å². The van der Waals surface area contributed by atoms with E-state index < -0.39 is 11.7 Å². The zero-order valence-electron chi connectivity index (χ0n) is 9.37. The van der Waals surface area contributed by atoms with Crippen molar-refractivity contribution in [1.82, 2.24) is 0 Å². The molecule has 0 N–H and O–H groups in total. The van der Waals surface area contributed by atoms with Gasteiger partial charge in [-0.15, -0.1) is 0 Å². The van der Waals surface area contributed by atoms with Crippen LogP contribution in [0.4, 0.5) is 18.9 Å². The zero-order valence-corrected chi connectivity index (χ0v) is 9.37. The van der Waals surface area contributed by atoms with E-state index in [0.29, 0.717) is 12.1 Å². The monoisotopic (exact) mass is 241 g/mol. The third-order valence-corrected chi connectivity index (χ3v) is 3.92. The summed E-state index contributed by atoms with van der Waals surface area (Å²) in [7, 11) is 0. The highest BCUT2D eigenvalue weighted by Crippen LogP contribution is 2.42. The van der Waals surface area contributed by atoms with E-state index in [1.165, 1.54) is 12.1 Å². The Morgan fingerprint density at radius 2 is 1.59 bits per heavy atom. The standard InChI is InChI=1S/C13H14F3N/c14-13(15,16)9-2-1-3-12(8-9)17-10-4-5-11(17)7-6-10/h1-3,8,10-11H,4-7H2. The predicted molar refractivity (Wildman–Crippen MR) is 60.0 cm³/mol. The first-order chi connectivity index (χ1) is 8.05. The van der Waals surface area contributed by atoms with E-state index in [4.69, 9.17) is 0 Å². The Kier molecular flexibility index (Phi) is 2.35. The van der Waals surface area contributed by atoms with E-state index in [1.54, 1.807) is 6.07 Å². The van der Waals surface area contributed by atoms with Crippen LogP contribution in [0.5, 0.6) is 0 Å². The first kappa shape index (κ1) is 10.9. The fraction of sp³-hybridized carbons (Fsp3) is 0.538. The molecule has 3 rings (SSSR count). The Balaban J connectivity index is 1.94. The van der Waals surface area contributed by atoms with Crippen LogP contribution in [-0.2, 0) is 6.18 Å². The number of rotatable bonds is 1. The van der Waals surface area contributed by atoms with Crippen LogP contribution in [0, 0.1) is 0 Å². The van der Waals surface area contributed by atoms with Crippen molar-refractivity contribution >= 4 is 5.69 Å². The Bertz CT molecular complexity index is 407. The highest BCUT2D eigenvalue weighted by atomic mass is 19.4. The summed E-state index contributed by atoms with van der Waals surface area (Å²) < 4.78 is 37.9. The molecule has 0 aromatic heterocycles. The molecule has 0 amide bonds. The number of hydrogen-bond donors (Lipinski definition) is 0. The summed E-state index contributed by atoms with van der Waals surface area (Å²) in [5.41, 5.74) is 0.200. The lowest BCUT2D eigenvalue weighted by molar-refractivity contribution is -0.137. The van der Waals surface area contributed by atoms with Gasteiger partial charge in [0.2, 0.25) is 0 Å². The molecule has 2 fully saturated rings. The molecule has 2 bridgehead atoms. The van der Waals surface area contributed by atoms with Crippen molar-refractivity contribution in [3.8, 4) is 0 Å². The topological polar surface area (TPSA) is 3.24 Å². The predicted octanol–water partition coefficient (Wildman–Crippen LogP) is 3.84. The molecule has 0 saturated carbocycles. The summed E-state index contributed by atoms with van der Waals surface area (Å²) >= 11 is 0. The number of alkyl halides is 3. The molecule has 17 heavy (non-hydrogen) atoms. The first-order valence-electron chi connectivity index (χ1n) is 6.01. The van der Waals surface area contributed by atoms with Crippen LogP contribution in [0.3, 0.4) is 0 Å². The fourth-order valence-electron chi connectivity index (χ4n) is 3.18. The molecule has 0 atom stereocenters. The summed E-state index contributed by atoms with van der Waals surface area (Å²) in [5, 5.41) is 0. The fourth-order valence-corrected chi connectivity index (χ4v) is 3.18. The molecular formula is C13H14F3N. The van der Waals surface area contributed by atoms with E-state index in [1.807, 2.05) is 0 Å². The van der Waals surface area contributed by atoms with Crippen molar-refractivity contribution in [2.75, 3.05) is 4.90 Å². The normalized spacial score (nSPS) is 27.8. The molecule has 1 aromatic carbocycles. The SMILES string of the molecule is FC(F)(F)c1cccc(N2C3CCC2CC3)c1. The first-order valence-corrected chi connectivity index (χ1v) is 6.01. The molecule has 0 spiro atoms. The van der Waals surface area contributed by atoms with Gasteiger partial charge in [0.05, 0.1) is 5.56 Å². The molecule has 1 aromatic rings. The second-order valence-corrected chi connectivity index (χ2v) is 4.92. The molecule has 2 heterocycles. The number of halogens is 3. The average Bonchev–Trinajstić information content (AvgIpc) is 2.87. The Hall–Kier alpha value is -1.19. The number of benzene rings is 1. The van der Waals surface area contributed by atoms with Crippen LogP contribution in [0.2, 0.25) is 0 Å². The molecule has 92 valence electrons. The van der Waals surface area contributed by atoms with E-state index in [2.05, 4.69) is 4.90 Å². The molecular weight excluding hydrogens is 227 g/mol. The van der Waals surface area contributed by atoms with Crippen molar-refractivity contribution in [3.05, 3.63) is 29.8 Å². The Morgan fingerprint density at radius 1 is 1.00 bits per heavy atom. The molecule has 1 nitrogen and oxygen atoms in total. The third kappa shape index (κ3) is 1.79. The average molecular weight is 241 g/mol. The maximum Gasteiger partial charge on any atom is 0.416 e. The third-order valence-electron chi connectivity index (χ3n) is 3.92. The molecule has 2 aliphatic rings. The van der Waals surface area contributed by atoms with Crippen molar-refractivity contribution < 1.29 is 13.2 Å². The summed E-state index contributed by atoms with van der Waals surface area (Å²) in [4.78, 5) is 2.19.